The van der Waals surface area contributed by atoms with Gasteiger partial charge >= 0.3 is 0 Å². The first-order chi connectivity index (χ1) is 13.3. The van der Waals surface area contributed by atoms with E-state index in [2.05, 4.69) is 5.32 Å². The van der Waals surface area contributed by atoms with E-state index in [9.17, 15) is 19.2 Å². The number of para-hydroxylation sites is 1. The lowest BCUT2D eigenvalue weighted by Crippen LogP contribution is -2.50. The van der Waals surface area contributed by atoms with Gasteiger partial charge in [0.15, 0.2) is 0 Å². The fourth-order valence-electron chi connectivity index (χ4n) is 2.89. The van der Waals surface area contributed by atoms with Crippen molar-refractivity contribution in [2.75, 3.05) is 45.1 Å². The number of halogens is 1. The number of anilines is 1. The number of benzene rings is 1. The molecule has 1 aromatic carbocycles. The third-order valence-corrected chi connectivity index (χ3v) is 4.91. The Kier molecular flexibility index (Phi) is 7.80. The third kappa shape index (κ3) is 6.23. The molecule has 0 unspecified atom stereocenters. The van der Waals surface area contributed by atoms with E-state index in [1.54, 1.807) is 34.1 Å². The number of carbonyl (C=O) groups is 4. The molecule has 1 fully saturated rings. The number of piperazine rings is 1. The molecule has 0 spiro atoms. The van der Waals surface area contributed by atoms with E-state index in [4.69, 9.17) is 11.6 Å². The summed E-state index contributed by atoms with van der Waals surface area (Å²) in [6.45, 7) is 3.35. The molecule has 0 aliphatic carbocycles. The van der Waals surface area contributed by atoms with Crippen molar-refractivity contribution in [2.45, 2.75) is 19.8 Å². The Balaban J connectivity index is 1.73. The molecule has 1 aliphatic heterocycles. The Morgan fingerprint density at radius 2 is 1.64 bits per heavy atom. The fraction of sp³-hybridized carbons (Fsp3) is 0.474. The van der Waals surface area contributed by atoms with Crippen LogP contribution in [0.15, 0.2) is 24.3 Å². The molecule has 0 atom stereocenters. The molecule has 28 heavy (non-hydrogen) atoms. The highest BCUT2D eigenvalue weighted by molar-refractivity contribution is 6.33. The van der Waals surface area contributed by atoms with E-state index in [-0.39, 0.29) is 43.0 Å². The molecule has 0 aromatic heterocycles. The second kappa shape index (κ2) is 10.1. The third-order valence-electron chi connectivity index (χ3n) is 4.58. The van der Waals surface area contributed by atoms with Gasteiger partial charge in [0.2, 0.25) is 23.6 Å². The summed E-state index contributed by atoms with van der Waals surface area (Å²) in [7, 11) is 1.52. The molecule has 1 aliphatic rings. The zero-order chi connectivity index (χ0) is 20.7. The minimum atomic E-state index is -0.365. The van der Waals surface area contributed by atoms with Crippen LogP contribution in [0.25, 0.3) is 0 Å². The van der Waals surface area contributed by atoms with Crippen molar-refractivity contribution in [1.29, 1.82) is 0 Å². The summed E-state index contributed by atoms with van der Waals surface area (Å²) < 4.78 is 0. The lowest BCUT2D eigenvalue weighted by Gasteiger charge is -2.34. The Morgan fingerprint density at radius 3 is 2.25 bits per heavy atom. The predicted octanol–water partition coefficient (Wildman–Crippen LogP) is 1.21. The summed E-state index contributed by atoms with van der Waals surface area (Å²) in [6, 6.07) is 6.84. The normalized spacial score (nSPS) is 13.8. The summed E-state index contributed by atoms with van der Waals surface area (Å²) in [5.41, 5.74) is 0.481. The zero-order valence-electron chi connectivity index (χ0n) is 16.1. The maximum Gasteiger partial charge on any atom is 0.244 e. The number of hydrogen-bond acceptors (Lipinski definition) is 4. The van der Waals surface area contributed by atoms with Gasteiger partial charge in [-0.25, -0.2) is 0 Å². The maximum absolute atomic E-state index is 12.3. The van der Waals surface area contributed by atoms with Gasteiger partial charge in [0.05, 0.1) is 17.3 Å². The molecule has 1 N–H and O–H groups in total. The van der Waals surface area contributed by atoms with Gasteiger partial charge in [-0.05, 0) is 12.1 Å². The van der Waals surface area contributed by atoms with Gasteiger partial charge in [0, 0.05) is 53.0 Å². The number of amides is 4. The Labute approximate surface area is 169 Å². The topological polar surface area (TPSA) is 90.0 Å². The number of likely N-dealkylation sites (N-methyl/N-ethyl adjacent to an activating group) is 1. The van der Waals surface area contributed by atoms with Gasteiger partial charge in [0.1, 0.15) is 0 Å². The smallest absolute Gasteiger partial charge is 0.244 e. The Morgan fingerprint density at radius 1 is 1.04 bits per heavy atom. The van der Waals surface area contributed by atoms with Crippen molar-refractivity contribution in [2.24, 2.45) is 0 Å². The molecule has 0 radical (unpaired) electrons. The highest BCUT2D eigenvalue weighted by atomic mass is 35.5. The van der Waals surface area contributed by atoms with E-state index in [1.807, 2.05) is 0 Å². The van der Waals surface area contributed by atoms with Crippen LogP contribution >= 0.6 is 11.6 Å². The minimum Gasteiger partial charge on any atom is -0.339 e. The summed E-state index contributed by atoms with van der Waals surface area (Å²) in [5, 5.41) is 3.07. The van der Waals surface area contributed by atoms with Gasteiger partial charge in [0.25, 0.3) is 0 Å². The number of rotatable bonds is 6. The fourth-order valence-corrected chi connectivity index (χ4v) is 3.07. The van der Waals surface area contributed by atoms with Crippen molar-refractivity contribution < 1.29 is 19.2 Å². The summed E-state index contributed by atoms with van der Waals surface area (Å²) in [6.07, 6.45) is 0.108. The molecule has 0 saturated carbocycles. The predicted molar refractivity (Wildman–Crippen MR) is 106 cm³/mol. The second-order valence-electron chi connectivity index (χ2n) is 6.66. The standard InChI is InChI=1S/C19H25ClN4O4/c1-14(25)23-9-11-24(12-10-23)19(28)8-7-18(27)22(2)13-17(26)21-16-6-4-3-5-15(16)20/h3-6H,7-13H2,1-2H3,(H,21,26). The largest absolute Gasteiger partial charge is 0.339 e. The molecule has 1 heterocycles. The van der Waals surface area contributed by atoms with Crippen molar-refractivity contribution in [3.05, 3.63) is 29.3 Å². The molecule has 1 saturated heterocycles. The van der Waals surface area contributed by atoms with Gasteiger partial charge in [-0.1, -0.05) is 23.7 Å². The highest BCUT2D eigenvalue weighted by Gasteiger charge is 2.23. The van der Waals surface area contributed by atoms with Crippen LogP contribution in [0.3, 0.4) is 0 Å². The van der Waals surface area contributed by atoms with E-state index < -0.39 is 0 Å². The van der Waals surface area contributed by atoms with Crippen LogP contribution in [0.1, 0.15) is 19.8 Å². The first kappa shape index (κ1) is 21.7. The highest BCUT2D eigenvalue weighted by Crippen LogP contribution is 2.20. The van der Waals surface area contributed by atoms with Crippen LogP contribution in [-0.4, -0.2) is 78.1 Å². The average Bonchev–Trinajstić information content (AvgIpc) is 2.67. The van der Waals surface area contributed by atoms with Gasteiger partial charge in [-0.3, -0.25) is 19.2 Å². The molecule has 8 nitrogen and oxygen atoms in total. The number of nitrogens with zero attached hydrogens (tertiary/aromatic N) is 3. The Bertz CT molecular complexity index is 747. The second-order valence-corrected chi connectivity index (χ2v) is 7.07. The summed E-state index contributed by atoms with van der Waals surface area (Å²) >= 11 is 5.99. The molecule has 1 aromatic rings. The van der Waals surface area contributed by atoms with Gasteiger partial charge in [-0.15, -0.1) is 0 Å². The van der Waals surface area contributed by atoms with Crippen molar-refractivity contribution >= 4 is 40.9 Å². The molecule has 0 bridgehead atoms. The van der Waals surface area contributed by atoms with E-state index in [0.29, 0.717) is 36.9 Å². The first-order valence-electron chi connectivity index (χ1n) is 9.09. The van der Waals surface area contributed by atoms with Crippen LogP contribution in [0.4, 0.5) is 5.69 Å². The first-order valence-corrected chi connectivity index (χ1v) is 9.47. The average molecular weight is 409 g/mol. The lowest BCUT2D eigenvalue weighted by atomic mass is 10.2. The van der Waals surface area contributed by atoms with Gasteiger partial charge in [-0.2, -0.15) is 0 Å². The number of hydrogen-bond donors (Lipinski definition) is 1. The van der Waals surface area contributed by atoms with Crippen LogP contribution in [-0.2, 0) is 19.2 Å². The number of carbonyl (C=O) groups excluding carboxylic acids is 4. The molecule has 9 heteroatoms. The minimum absolute atomic E-state index is 0.000955. The van der Waals surface area contributed by atoms with E-state index in [1.165, 1.54) is 18.9 Å². The SMILES string of the molecule is CC(=O)N1CCN(C(=O)CCC(=O)N(C)CC(=O)Nc2ccccc2Cl)CC1. The lowest BCUT2D eigenvalue weighted by molar-refractivity contribution is -0.140. The molecular weight excluding hydrogens is 384 g/mol. The van der Waals surface area contributed by atoms with Crippen LogP contribution < -0.4 is 5.32 Å². The Hall–Kier alpha value is -2.61. The number of nitrogens with one attached hydrogen (secondary N) is 1. The quantitative estimate of drug-likeness (QED) is 0.766. The molecule has 2 rings (SSSR count). The van der Waals surface area contributed by atoms with Gasteiger partial charge < -0.3 is 20.0 Å². The monoisotopic (exact) mass is 408 g/mol. The van der Waals surface area contributed by atoms with Crippen LogP contribution in [0, 0.1) is 0 Å². The summed E-state index contributed by atoms with van der Waals surface area (Å²) in [5.74, 6) is -0.773. The van der Waals surface area contributed by atoms with Crippen LogP contribution in [0.2, 0.25) is 5.02 Å². The zero-order valence-corrected chi connectivity index (χ0v) is 16.9. The molecule has 152 valence electrons. The summed E-state index contributed by atoms with van der Waals surface area (Å²) in [4.78, 5) is 52.5. The van der Waals surface area contributed by atoms with Crippen molar-refractivity contribution in [3.63, 3.8) is 0 Å². The maximum atomic E-state index is 12.3. The van der Waals surface area contributed by atoms with Crippen molar-refractivity contribution in [3.8, 4) is 0 Å². The van der Waals surface area contributed by atoms with Crippen LogP contribution in [0.5, 0.6) is 0 Å². The molecule has 4 amide bonds. The van der Waals surface area contributed by atoms with Crippen molar-refractivity contribution in [1.82, 2.24) is 14.7 Å². The van der Waals surface area contributed by atoms with E-state index >= 15 is 0 Å². The molecular formula is C19H25ClN4O4. The van der Waals surface area contributed by atoms with E-state index in [0.717, 1.165) is 0 Å².